The van der Waals surface area contributed by atoms with Gasteiger partial charge in [0.1, 0.15) is 5.75 Å². The third-order valence-corrected chi connectivity index (χ3v) is 3.93. The van der Waals surface area contributed by atoms with Crippen molar-refractivity contribution in [3.63, 3.8) is 0 Å². The second-order valence-electron chi connectivity index (χ2n) is 6.43. The van der Waals surface area contributed by atoms with Gasteiger partial charge < -0.3 is 14.6 Å². The van der Waals surface area contributed by atoms with Gasteiger partial charge in [0, 0.05) is 18.6 Å². The number of hydrogen-bond donors (Lipinski definition) is 1. The highest BCUT2D eigenvalue weighted by Crippen LogP contribution is 2.34. The van der Waals surface area contributed by atoms with Gasteiger partial charge in [-0.05, 0) is 48.7 Å². The lowest BCUT2D eigenvalue weighted by Crippen LogP contribution is -2.22. The molecule has 0 saturated heterocycles. The Labute approximate surface area is 173 Å². The standard InChI is InChI=1S/C21H18F6O4/c22-17-13-16(30-12-2-1-11-20(23,24)25)8-9-18(17)31-21(26,27)15-6-3-14(4-7-15)5-10-19(28)29/h3-10,13H,1-2,11-12H2,(H,28,29). The van der Waals surface area contributed by atoms with Gasteiger partial charge in [0.2, 0.25) is 0 Å². The van der Waals surface area contributed by atoms with Gasteiger partial charge in [0.05, 0.1) is 12.2 Å². The maximum Gasteiger partial charge on any atom is 0.426 e. The van der Waals surface area contributed by atoms with Crippen LogP contribution in [0.5, 0.6) is 11.5 Å². The summed E-state index contributed by atoms with van der Waals surface area (Å²) in [7, 11) is 0. The van der Waals surface area contributed by atoms with E-state index in [1.165, 1.54) is 18.2 Å². The first-order valence-corrected chi connectivity index (χ1v) is 9.04. The molecule has 0 unspecified atom stereocenters. The summed E-state index contributed by atoms with van der Waals surface area (Å²) in [6.07, 6.45) is -7.09. The lowest BCUT2D eigenvalue weighted by molar-refractivity contribution is -0.187. The maximum absolute atomic E-state index is 14.3. The predicted octanol–water partition coefficient (Wildman–Crippen LogP) is 6.16. The van der Waals surface area contributed by atoms with Crippen LogP contribution in [0, 0.1) is 5.82 Å². The average Bonchev–Trinajstić information content (AvgIpc) is 2.67. The number of alkyl halides is 5. The first-order valence-electron chi connectivity index (χ1n) is 9.04. The van der Waals surface area contributed by atoms with Crippen molar-refractivity contribution >= 4 is 12.0 Å². The van der Waals surface area contributed by atoms with Crippen LogP contribution in [0.2, 0.25) is 0 Å². The zero-order chi connectivity index (χ0) is 23.1. The highest BCUT2D eigenvalue weighted by Gasteiger charge is 2.35. The lowest BCUT2D eigenvalue weighted by Gasteiger charge is -2.19. The number of halogens is 6. The molecule has 4 nitrogen and oxygen atoms in total. The van der Waals surface area contributed by atoms with E-state index >= 15 is 0 Å². The number of benzene rings is 2. The minimum absolute atomic E-state index is 0.0326. The van der Waals surface area contributed by atoms with E-state index in [4.69, 9.17) is 9.84 Å². The Bertz CT molecular complexity index is 907. The fourth-order valence-electron chi connectivity index (χ4n) is 2.42. The number of carboxylic acid groups (broad SMARTS) is 1. The number of unbranched alkanes of at least 4 members (excludes halogenated alkanes) is 1. The summed E-state index contributed by atoms with van der Waals surface area (Å²) in [5.41, 5.74) is -0.214. The van der Waals surface area contributed by atoms with Crippen LogP contribution >= 0.6 is 0 Å². The van der Waals surface area contributed by atoms with E-state index in [1.54, 1.807) is 0 Å². The van der Waals surface area contributed by atoms with Crippen molar-refractivity contribution in [3.05, 3.63) is 65.5 Å². The zero-order valence-corrected chi connectivity index (χ0v) is 16.0. The minimum Gasteiger partial charge on any atom is -0.493 e. The fourth-order valence-corrected chi connectivity index (χ4v) is 2.42. The summed E-state index contributed by atoms with van der Waals surface area (Å²) in [5.74, 6) is -3.10. The van der Waals surface area contributed by atoms with E-state index in [1.807, 2.05) is 0 Å². The van der Waals surface area contributed by atoms with Crippen LogP contribution in [-0.2, 0) is 10.9 Å². The highest BCUT2D eigenvalue weighted by molar-refractivity contribution is 5.85. The molecule has 2 aromatic rings. The van der Waals surface area contributed by atoms with Crippen molar-refractivity contribution < 1.29 is 45.7 Å². The lowest BCUT2D eigenvalue weighted by atomic mass is 10.1. The van der Waals surface area contributed by atoms with E-state index in [2.05, 4.69) is 4.74 Å². The third kappa shape index (κ3) is 8.23. The SMILES string of the molecule is O=C(O)C=Cc1ccc(C(F)(F)Oc2ccc(OCCCCC(F)(F)F)cc2F)cc1. The summed E-state index contributed by atoms with van der Waals surface area (Å²) in [5, 5.41) is 8.56. The van der Waals surface area contributed by atoms with E-state index in [-0.39, 0.29) is 25.2 Å². The molecule has 2 aromatic carbocycles. The van der Waals surface area contributed by atoms with Crippen molar-refractivity contribution in [1.82, 2.24) is 0 Å². The van der Waals surface area contributed by atoms with Gasteiger partial charge in [-0.25, -0.2) is 9.18 Å². The molecule has 0 spiro atoms. The van der Waals surface area contributed by atoms with E-state index in [0.717, 1.165) is 36.4 Å². The van der Waals surface area contributed by atoms with Crippen LogP contribution in [-0.4, -0.2) is 23.9 Å². The van der Waals surface area contributed by atoms with Gasteiger partial charge in [-0.3, -0.25) is 0 Å². The monoisotopic (exact) mass is 448 g/mol. The molecule has 168 valence electrons. The Hall–Kier alpha value is -3.17. The van der Waals surface area contributed by atoms with Crippen molar-refractivity contribution in [2.24, 2.45) is 0 Å². The average molecular weight is 448 g/mol. The molecule has 0 radical (unpaired) electrons. The van der Waals surface area contributed by atoms with Crippen LogP contribution in [0.3, 0.4) is 0 Å². The van der Waals surface area contributed by atoms with Crippen LogP contribution in [0.4, 0.5) is 26.3 Å². The second kappa shape index (κ2) is 10.2. The quantitative estimate of drug-likeness (QED) is 0.269. The summed E-state index contributed by atoms with van der Waals surface area (Å²) < 4.78 is 88.6. The largest absolute Gasteiger partial charge is 0.493 e. The number of carbonyl (C=O) groups is 1. The molecule has 10 heteroatoms. The van der Waals surface area contributed by atoms with E-state index in [0.29, 0.717) is 5.56 Å². The molecule has 0 heterocycles. The number of hydrogen-bond acceptors (Lipinski definition) is 3. The van der Waals surface area contributed by atoms with Gasteiger partial charge in [0.25, 0.3) is 0 Å². The van der Waals surface area contributed by atoms with Gasteiger partial charge in [0.15, 0.2) is 11.6 Å². The van der Waals surface area contributed by atoms with Crippen LogP contribution < -0.4 is 9.47 Å². The maximum atomic E-state index is 14.3. The smallest absolute Gasteiger partial charge is 0.426 e. The second-order valence-corrected chi connectivity index (χ2v) is 6.43. The van der Waals surface area contributed by atoms with E-state index < -0.39 is 41.8 Å². The number of ether oxygens (including phenoxy) is 2. The Morgan fingerprint density at radius 1 is 1.00 bits per heavy atom. The summed E-state index contributed by atoms with van der Waals surface area (Å²) in [4.78, 5) is 10.5. The third-order valence-electron chi connectivity index (χ3n) is 3.93. The zero-order valence-electron chi connectivity index (χ0n) is 16.0. The first-order chi connectivity index (χ1) is 14.5. The summed E-state index contributed by atoms with van der Waals surface area (Å²) >= 11 is 0. The molecule has 0 amide bonds. The highest BCUT2D eigenvalue weighted by atomic mass is 19.4. The van der Waals surface area contributed by atoms with E-state index in [9.17, 15) is 31.1 Å². The normalized spacial score (nSPS) is 12.2. The molecular weight excluding hydrogens is 430 g/mol. The van der Waals surface area contributed by atoms with Crippen LogP contribution in [0.25, 0.3) is 6.08 Å². The molecule has 1 N–H and O–H groups in total. The summed E-state index contributed by atoms with van der Waals surface area (Å²) in [6.45, 7) is -0.0887. The van der Waals surface area contributed by atoms with Crippen molar-refractivity contribution in [2.75, 3.05) is 6.61 Å². The molecule has 2 rings (SSSR count). The van der Waals surface area contributed by atoms with Gasteiger partial charge >= 0.3 is 18.3 Å². The summed E-state index contributed by atoms with van der Waals surface area (Å²) in [6, 6.07) is 7.41. The van der Waals surface area contributed by atoms with Crippen molar-refractivity contribution in [2.45, 2.75) is 31.5 Å². The van der Waals surface area contributed by atoms with Crippen molar-refractivity contribution in [3.8, 4) is 11.5 Å². The molecule has 0 aliphatic carbocycles. The Balaban J connectivity index is 1.96. The van der Waals surface area contributed by atoms with Crippen molar-refractivity contribution in [1.29, 1.82) is 0 Å². The van der Waals surface area contributed by atoms with Gasteiger partial charge in [-0.1, -0.05) is 12.1 Å². The van der Waals surface area contributed by atoms with Gasteiger partial charge in [-0.15, -0.1) is 0 Å². The Morgan fingerprint density at radius 3 is 2.26 bits per heavy atom. The van der Waals surface area contributed by atoms with Gasteiger partial charge in [-0.2, -0.15) is 22.0 Å². The molecule has 0 bridgehead atoms. The molecule has 31 heavy (non-hydrogen) atoms. The predicted molar refractivity (Wildman–Crippen MR) is 99.4 cm³/mol. The molecule has 0 aromatic heterocycles. The number of aliphatic carboxylic acids is 1. The fraction of sp³-hybridized carbons (Fsp3) is 0.286. The molecule has 0 fully saturated rings. The van der Waals surface area contributed by atoms with Crippen LogP contribution in [0.15, 0.2) is 48.5 Å². The number of carboxylic acids is 1. The molecule has 0 saturated carbocycles. The topological polar surface area (TPSA) is 55.8 Å². The Morgan fingerprint density at radius 2 is 1.68 bits per heavy atom. The minimum atomic E-state index is -4.26. The molecule has 0 atom stereocenters. The first kappa shape index (κ1) is 24.1. The number of rotatable bonds is 10. The molecular formula is C21H18F6O4. The molecule has 0 aliphatic rings. The molecule has 0 aliphatic heterocycles. The Kier molecular flexibility index (Phi) is 7.95. The van der Waals surface area contributed by atoms with Crippen LogP contribution in [0.1, 0.15) is 30.4 Å².